The highest BCUT2D eigenvalue weighted by Crippen LogP contribution is 2.50. The van der Waals surface area contributed by atoms with E-state index in [0.29, 0.717) is 6.42 Å². The van der Waals surface area contributed by atoms with Crippen molar-refractivity contribution in [2.45, 2.75) is 32.2 Å². The molecule has 2 aromatic heterocycles. The largest absolute Gasteiger partial charge is 0.449 e. The number of nitrogens with zero attached hydrogens (tertiary/aromatic N) is 4. The minimum Gasteiger partial charge on any atom is -0.449 e. The highest BCUT2D eigenvalue weighted by atomic mass is 31.2. The Bertz CT molecular complexity index is 979. The summed E-state index contributed by atoms with van der Waals surface area (Å²) in [6.07, 6.45) is -8.78. The molecule has 2 heterocycles. The third-order valence-electron chi connectivity index (χ3n) is 3.63. The summed E-state index contributed by atoms with van der Waals surface area (Å²) in [4.78, 5) is 23.7. The molecular weight excluding hydrogens is 503 g/mol. The Morgan fingerprint density at radius 2 is 1.71 bits per heavy atom. The van der Waals surface area contributed by atoms with Crippen molar-refractivity contribution in [1.82, 2.24) is 19.5 Å². The molecule has 0 aliphatic heterocycles. The quantitative estimate of drug-likeness (QED) is 0.248. The van der Waals surface area contributed by atoms with E-state index in [-0.39, 0.29) is 36.7 Å². The minimum absolute atomic E-state index is 0.0498. The zero-order chi connectivity index (χ0) is 25.4. The van der Waals surface area contributed by atoms with E-state index in [1.807, 2.05) is 6.92 Å². The summed E-state index contributed by atoms with van der Waals surface area (Å²) in [7, 11) is -4.87. The molecular formula is C16H20F6N5O6P. The van der Waals surface area contributed by atoms with E-state index < -0.39 is 45.6 Å². The van der Waals surface area contributed by atoms with Gasteiger partial charge in [0.2, 0.25) is 0 Å². The lowest BCUT2D eigenvalue weighted by Crippen LogP contribution is -2.21. The van der Waals surface area contributed by atoms with Gasteiger partial charge in [0.25, 0.3) is 0 Å². The monoisotopic (exact) mass is 523 g/mol. The number of imidazole rings is 1. The molecule has 1 amide bonds. The Balaban J connectivity index is 1.98. The molecule has 0 saturated heterocycles. The second-order valence-electron chi connectivity index (χ2n) is 6.52. The van der Waals surface area contributed by atoms with Gasteiger partial charge in [-0.15, -0.1) is 0 Å². The number of nitrogens with one attached hydrogen (secondary N) is 1. The lowest BCUT2D eigenvalue weighted by Gasteiger charge is -2.20. The van der Waals surface area contributed by atoms with Gasteiger partial charge in [-0.05, 0) is 6.42 Å². The molecule has 0 bridgehead atoms. The fourth-order valence-electron chi connectivity index (χ4n) is 2.26. The topological polar surface area (TPSA) is 127 Å². The van der Waals surface area contributed by atoms with E-state index in [1.165, 1.54) is 10.9 Å². The molecule has 2 aromatic rings. The van der Waals surface area contributed by atoms with Gasteiger partial charge in [0, 0.05) is 6.54 Å². The molecule has 0 spiro atoms. The van der Waals surface area contributed by atoms with Gasteiger partial charge in [-0.25, -0.2) is 19.7 Å². The molecule has 0 aliphatic rings. The molecule has 0 atom stereocenters. The molecule has 0 unspecified atom stereocenters. The van der Waals surface area contributed by atoms with Gasteiger partial charge in [-0.2, -0.15) is 26.3 Å². The molecule has 0 fully saturated rings. The number of halogens is 6. The first-order chi connectivity index (χ1) is 15.8. The standard InChI is InChI=1S/C16H20F6N5O6P/c1-2-4-31-14(28)26-12-11-13(24-8-23-12)27(9-25-11)3-5-30-10-34(29,32-6-15(17,18)19)33-7-16(20,21)22/h8-9H,2-7,10H2,1H3,(H,23,24,26,28). The Morgan fingerprint density at radius 3 is 2.29 bits per heavy atom. The Morgan fingerprint density at radius 1 is 1.06 bits per heavy atom. The van der Waals surface area contributed by atoms with Crippen LogP contribution in [-0.4, -0.2) is 70.7 Å². The number of anilines is 1. The van der Waals surface area contributed by atoms with E-state index in [0.717, 1.165) is 6.33 Å². The van der Waals surface area contributed by atoms with Crippen LogP contribution in [-0.2, 0) is 29.6 Å². The third-order valence-corrected chi connectivity index (χ3v) is 5.18. The first-order valence-electron chi connectivity index (χ1n) is 9.51. The van der Waals surface area contributed by atoms with Gasteiger partial charge in [0.15, 0.2) is 30.2 Å². The highest BCUT2D eigenvalue weighted by Gasteiger charge is 2.38. The lowest BCUT2D eigenvalue weighted by atomic mass is 10.5. The van der Waals surface area contributed by atoms with E-state index in [2.05, 4.69) is 29.3 Å². The first kappa shape index (κ1) is 27.8. The van der Waals surface area contributed by atoms with Gasteiger partial charge in [-0.1, -0.05) is 6.92 Å². The van der Waals surface area contributed by atoms with Crippen molar-refractivity contribution in [1.29, 1.82) is 0 Å². The molecule has 11 nitrogen and oxygen atoms in total. The maximum Gasteiger partial charge on any atom is 0.412 e. The SMILES string of the molecule is CCCOC(=O)Nc1ncnc2c1ncn2CCOCP(=O)(OCC(F)(F)F)OCC(F)(F)F. The Labute approximate surface area is 188 Å². The van der Waals surface area contributed by atoms with Crippen LogP contribution >= 0.6 is 7.60 Å². The zero-order valence-corrected chi connectivity index (χ0v) is 18.5. The number of alkyl halides is 6. The highest BCUT2D eigenvalue weighted by molar-refractivity contribution is 7.53. The van der Waals surface area contributed by atoms with Gasteiger partial charge < -0.3 is 14.0 Å². The van der Waals surface area contributed by atoms with Gasteiger partial charge in [0.1, 0.15) is 12.7 Å². The summed E-state index contributed by atoms with van der Waals surface area (Å²) in [6.45, 7) is -2.54. The second-order valence-corrected chi connectivity index (χ2v) is 8.52. The minimum atomic E-state index is -4.94. The van der Waals surface area contributed by atoms with Crippen molar-refractivity contribution >= 4 is 30.7 Å². The smallest absolute Gasteiger partial charge is 0.412 e. The second kappa shape index (κ2) is 11.8. The summed E-state index contributed by atoms with van der Waals surface area (Å²) in [5.74, 6) is 0.0522. The number of fused-ring (bicyclic) bond motifs is 1. The van der Waals surface area contributed by atoms with Crippen molar-refractivity contribution in [2.75, 3.05) is 38.1 Å². The van der Waals surface area contributed by atoms with E-state index in [4.69, 9.17) is 9.47 Å². The Kier molecular flexibility index (Phi) is 9.61. The van der Waals surface area contributed by atoms with E-state index in [9.17, 15) is 35.7 Å². The van der Waals surface area contributed by atoms with Crippen LogP contribution in [0.4, 0.5) is 37.0 Å². The lowest BCUT2D eigenvalue weighted by molar-refractivity contribution is -0.166. The predicted octanol–water partition coefficient (Wildman–Crippen LogP) is 4.11. The number of amides is 1. The molecule has 192 valence electrons. The molecule has 1 N–H and O–H groups in total. The van der Waals surface area contributed by atoms with Crippen LogP contribution in [0.5, 0.6) is 0 Å². The summed E-state index contributed by atoms with van der Waals surface area (Å²) in [5.41, 5.74) is 0.415. The zero-order valence-electron chi connectivity index (χ0n) is 17.6. The van der Waals surface area contributed by atoms with Crippen molar-refractivity contribution in [3.8, 4) is 0 Å². The predicted molar refractivity (Wildman–Crippen MR) is 103 cm³/mol. The maximum atomic E-state index is 12.3. The number of carbonyl (C=O) groups excluding carboxylic acids is 1. The third kappa shape index (κ3) is 9.40. The molecule has 0 radical (unpaired) electrons. The number of hydrogen-bond acceptors (Lipinski definition) is 9. The van der Waals surface area contributed by atoms with Gasteiger partial charge >= 0.3 is 26.0 Å². The molecule has 0 saturated carbocycles. The Hall–Kier alpha value is -2.49. The van der Waals surface area contributed by atoms with Crippen molar-refractivity contribution in [3.63, 3.8) is 0 Å². The normalized spacial score (nSPS) is 12.8. The number of rotatable bonds is 12. The fraction of sp³-hybridized carbons (Fsp3) is 0.625. The number of hydrogen-bond donors (Lipinski definition) is 1. The molecule has 2 rings (SSSR count). The number of ether oxygens (including phenoxy) is 2. The number of carbonyl (C=O) groups is 1. The number of aromatic nitrogens is 4. The average molecular weight is 523 g/mol. The van der Waals surface area contributed by atoms with Crippen molar-refractivity contribution < 1.29 is 54.2 Å². The van der Waals surface area contributed by atoms with Gasteiger partial charge in [0.05, 0.1) is 19.5 Å². The summed E-state index contributed by atoms with van der Waals surface area (Å²) >= 11 is 0. The van der Waals surface area contributed by atoms with Gasteiger partial charge in [-0.3, -0.25) is 18.9 Å². The van der Waals surface area contributed by atoms with E-state index in [1.54, 1.807) is 0 Å². The maximum absolute atomic E-state index is 12.3. The molecule has 0 aliphatic carbocycles. The molecule has 34 heavy (non-hydrogen) atoms. The van der Waals surface area contributed by atoms with E-state index >= 15 is 0 Å². The fourth-order valence-corrected chi connectivity index (χ4v) is 3.52. The van der Waals surface area contributed by atoms with Crippen LogP contribution < -0.4 is 5.32 Å². The van der Waals surface area contributed by atoms with Crippen LogP contribution in [0.1, 0.15) is 13.3 Å². The first-order valence-corrected chi connectivity index (χ1v) is 11.2. The summed E-state index contributed by atoms with van der Waals surface area (Å²) in [6, 6.07) is 0. The van der Waals surface area contributed by atoms with Crippen molar-refractivity contribution in [2.24, 2.45) is 0 Å². The summed E-state index contributed by atoms with van der Waals surface area (Å²) < 4.78 is 106. The molecule has 0 aromatic carbocycles. The average Bonchev–Trinajstić information content (AvgIpc) is 3.16. The van der Waals surface area contributed by atoms with Crippen molar-refractivity contribution in [3.05, 3.63) is 12.7 Å². The van der Waals surface area contributed by atoms with Crippen LogP contribution in [0, 0.1) is 0 Å². The van der Waals surface area contributed by atoms with Crippen LogP contribution in [0.2, 0.25) is 0 Å². The van der Waals surface area contributed by atoms with Crippen LogP contribution in [0.15, 0.2) is 12.7 Å². The molecule has 18 heteroatoms. The van der Waals surface area contributed by atoms with Crippen LogP contribution in [0.3, 0.4) is 0 Å². The summed E-state index contributed by atoms with van der Waals surface area (Å²) in [5, 5.41) is 2.40. The van der Waals surface area contributed by atoms with Crippen LogP contribution in [0.25, 0.3) is 11.2 Å².